The molecule has 1 aliphatic rings. The molecule has 8 nitrogen and oxygen atoms in total. The van der Waals surface area contributed by atoms with Gasteiger partial charge in [0.15, 0.2) is 11.2 Å². The first-order valence-electron chi connectivity index (χ1n) is 8.88. The summed E-state index contributed by atoms with van der Waals surface area (Å²) in [5, 5.41) is 27.3. The third-order valence-corrected chi connectivity index (χ3v) is 5.25. The number of phenolic OH excluding ortho intramolecular Hbond substituents is 1. The van der Waals surface area contributed by atoms with Gasteiger partial charge in [0.05, 0.1) is 16.0 Å². The lowest BCUT2D eigenvalue weighted by Crippen LogP contribution is -2.34. The molecule has 150 valence electrons. The summed E-state index contributed by atoms with van der Waals surface area (Å²) in [6, 6.07) is 12.0. The maximum absolute atomic E-state index is 12.1. The average Bonchev–Trinajstić information content (AvgIpc) is 3.02. The van der Waals surface area contributed by atoms with Gasteiger partial charge in [0, 0.05) is 6.07 Å². The highest BCUT2D eigenvalue weighted by molar-refractivity contribution is 8.05. The van der Waals surface area contributed by atoms with Crippen molar-refractivity contribution in [3.63, 3.8) is 0 Å². The largest absolute Gasteiger partial charge is 0.502 e. The highest BCUT2D eigenvalue weighted by Crippen LogP contribution is 2.31. The van der Waals surface area contributed by atoms with Crippen molar-refractivity contribution in [2.75, 3.05) is 0 Å². The van der Waals surface area contributed by atoms with E-state index < -0.39 is 21.9 Å². The van der Waals surface area contributed by atoms with Crippen LogP contribution < -0.4 is 10.7 Å². The van der Waals surface area contributed by atoms with Crippen LogP contribution in [0.2, 0.25) is 0 Å². The zero-order valence-corrected chi connectivity index (χ0v) is 16.6. The molecule has 1 saturated heterocycles. The van der Waals surface area contributed by atoms with Crippen LogP contribution in [0.3, 0.4) is 0 Å². The lowest BCUT2D eigenvalue weighted by Gasteiger charge is -2.07. The van der Waals surface area contributed by atoms with E-state index in [4.69, 9.17) is 0 Å². The van der Waals surface area contributed by atoms with Gasteiger partial charge < -0.3 is 10.4 Å². The van der Waals surface area contributed by atoms with Crippen LogP contribution in [0.4, 0.5) is 5.69 Å². The number of carbonyl (C=O) groups excluding carboxylic acids is 1. The minimum atomic E-state index is -0.675. The summed E-state index contributed by atoms with van der Waals surface area (Å²) in [7, 11) is 0. The zero-order valence-electron chi connectivity index (χ0n) is 15.8. The van der Waals surface area contributed by atoms with Crippen LogP contribution in [-0.2, 0) is 4.79 Å². The van der Waals surface area contributed by atoms with E-state index in [0.29, 0.717) is 16.4 Å². The van der Waals surface area contributed by atoms with Gasteiger partial charge in [-0.3, -0.25) is 20.3 Å². The Labute approximate surface area is 171 Å². The van der Waals surface area contributed by atoms with Gasteiger partial charge >= 0.3 is 5.69 Å². The molecule has 3 N–H and O–H groups in total. The number of benzene rings is 2. The Bertz CT molecular complexity index is 986. The van der Waals surface area contributed by atoms with E-state index in [9.17, 15) is 20.0 Å². The molecule has 2 aromatic carbocycles. The van der Waals surface area contributed by atoms with Crippen molar-refractivity contribution in [1.29, 1.82) is 0 Å². The number of nitrogens with one attached hydrogen (secondary N) is 2. The molecule has 3 rings (SSSR count). The van der Waals surface area contributed by atoms with Crippen LogP contribution in [0.15, 0.2) is 52.5 Å². The zero-order chi connectivity index (χ0) is 21.0. The Morgan fingerprint density at radius 2 is 1.93 bits per heavy atom. The Hall–Kier alpha value is -3.33. The maximum atomic E-state index is 12.1. The maximum Gasteiger partial charge on any atom is 0.311 e. The molecule has 1 amide bonds. The number of hydrazone groups is 1. The van der Waals surface area contributed by atoms with Crippen molar-refractivity contribution in [3.05, 3.63) is 74.2 Å². The predicted octanol–water partition coefficient (Wildman–Crippen LogP) is 3.54. The molecule has 0 aliphatic carbocycles. The lowest BCUT2D eigenvalue weighted by molar-refractivity contribution is -0.385. The molecule has 0 radical (unpaired) electrons. The fourth-order valence-electron chi connectivity index (χ4n) is 2.63. The Kier molecular flexibility index (Phi) is 6.18. The normalized spacial score (nSPS) is 17.8. The Morgan fingerprint density at radius 1 is 1.24 bits per heavy atom. The molecule has 9 heteroatoms. The fourth-order valence-corrected chi connectivity index (χ4v) is 3.54. The van der Waals surface area contributed by atoms with Crippen LogP contribution >= 0.6 is 11.8 Å². The molecular formula is C20H20N4O4S. The number of nitro groups is 1. The van der Waals surface area contributed by atoms with E-state index >= 15 is 0 Å². The topological polar surface area (TPSA) is 117 Å². The van der Waals surface area contributed by atoms with Gasteiger partial charge in [-0.05, 0) is 34.8 Å². The molecule has 1 aliphatic heterocycles. The van der Waals surface area contributed by atoms with Gasteiger partial charge in [-0.2, -0.15) is 5.10 Å². The van der Waals surface area contributed by atoms with Gasteiger partial charge in [0.2, 0.25) is 0 Å². The second-order valence-electron chi connectivity index (χ2n) is 6.69. The molecule has 0 aromatic heterocycles. The molecule has 1 atom stereocenters. The number of nitro benzene ring substituents is 1. The first-order valence-corrected chi connectivity index (χ1v) is 9.76. The van der Waals surface area contributed by atoms with Gasteiger partial charge in [0.1, 0.15) is 0 Å². The van der Waals surface area contributed by atoms with E-state index in [-0.39, 0.29) is 5.91 Å². The van der Waals surface area contributed by atoms with E-state index in [1.807, 2.05) is 12.1 Å². The second-order valence-corrected chi connectivity index (χ2v) is 7.84. The van der Waals surface area contributed by atoms with Crippen LogP contribution in [-0.4, -0.2) is 27.6 Å². The molecule has 1 fully saturated rings. The number of aromatic hydroxyl groups is 1. The lowest BCUT2D eigenvalue weighted by atomic mass is 10.0. The minimum absolute atomic E-state index is 0.306. The standard InChI is InChI=1S/C20H20N4O4S/c1-12(2)15-6-3-13(4-7-15)11-21-23-20-22-19(26)18(29-20)10-14-5-8-17(25)16(9-14)24(27)28/h3-12,20,23,25H,1-2H3,(H,22,26)/b18-10+,21-11+. The summed E-state index contributed by atoms with van der Waals surface area (Å²) in [5.74, 6) is -0.264. The Balaban J connectivity index is 1.63. The van der Waals surface area contributed by atoms with Crippen LogP contribution in [0.1, 0.15) is 36.5 Å². The van der Waals surface area contributed by atoms with Crippen molar-refractivity contribution in [1.82, 2.24) is 10.7 Å². The second kappa shape index (κ2) is 8.78. The van der Waals surface area contributed by atoms with Gasteiger partial charge in [0.25, 0.3) is 5.91 Å². The number of phenols is 1. The quantitative estimate of drug-likeness (QED) is 0.289. The molecule has 1 unspecified atom stereocenters. The van der Waals surface area contributed by atoms with Gasteiger partial charge in [-0.1, -0.05) is 55.9 Å². The number of rotatable bonds is 6. The van der Waals surface area contributed by atoms with Crippen molar-refractivity contribution in [3.8, 4) is 5.75 Å². The third-order valence-electron chi connectivity index (χ3n) is 4.23. The third kappa shape index (κ3) is 5.14. The summed E-state index contributed by atoms with van der Waals surface area (Å²) in [6.45, 7) is 4.26. The number of carbonyl (C=O) groups is 1. The van der Waals surface area contributed by atoms with Crippen LogP contribution in [0.5, 0.6) is 5.75 Å². The number of hydrogen-bond donors (Lipinski definition) is 3. The fraction of sp³-hybridized carbons (Fsp3) is 0.200. The minimum Gasteiger partial charge on any atom is -0.502 e. The van der Waals surface area contributed by atoms with Crippen LogP contribution in [0.25, 0.3) is 6.08 Å². The predicted molar refractivity (Wildman–Crippen MR) is 114 cm³/mol. The summed E-state index contributed by atoms with van der Waals surface area (Å²) in [5.41, 5.74) is 4.63. The summed E-state index contributed by atoms with van der Waals surface area (Å²) in [6.07, 6.45) is 3.20. The van der Waals surface area contributed by atoms with Crippen molar-refractivity contribution in [2.24, 2.45) is 5.10 Å². The summed E-state index contributed by atoms with van der Waals surface area (Å²) < 4.78 is 0. The number of amides is 1. The first kappa shape index (κ1) is 20.4. The van der Waals surface area contributed by atoms with Crippen LogP contribution in [0, 0.1) is 10.1 Å². The highest BCUT2D eigenvalue weighted by atomic mass is 32.2. The number of nitrogens with zero attached hydrogens (tertiary/aromatic N) is 2. The average molecular weight is 412 g/mol. The SMILES string of the molecule is CC(C)c1ccc(/C=N/NC2NC(=O)/C(=C\c3ccc(O)c([N+](=O)[O-])c3)S2)cc1. The molecule has 2 aromatic rings. The molecular weight excluding hydrogens is 392 g/mol. The molecule has 0 spiro atoms. The van der Waals surface area contributed by atoms with Crippen molar-refractivity contribution >= 4 is 35.6 Å². The molecule has 29 heavy (non-hydrogen) atoms. The van der Waals surface area contributed by atoms with Gasteiger partial charge in [-0.25, -0.2) is 0 Å². The van der Waals surface area contributed by atoms with Crippen molar-refractivity contribution in [2.45, 2.75) is 25.3 Å². The first-order chi connectivity index (χ1) is 13.8. The van der Waals surface area contributed by atoms with E-state index in [1.54, 1.807) is 6.21 Å². The van der Waals surface area contributed by atoms with E-state index in [1.165, 1.54) is 41.6 Å². The number of hydrogen-bond acceptors (Lipinski definition) is 7. The smallest absolute Gasteiger partial charge is 0.311 e. The monoisotopic (exact) mass is 412 g/mol. The molecule has 1 heterocycles. The van der Waals surface area contributed by atoms with Crippen molar-refractivity contribution < 1.29 is 14.8 Å². The Morgan fingerprint density at radius 3 is 2.59 bits per heavy atom. The summed E-state index contributed by atoms with van der Waals surface area (Å²) >= 11 is 1.22. The van der Waals surface area contributed by atoms with Gasteiger partial charge in [-0.15, -0.1) is 0 Å². The molecule has 0 bridgehead atoms. The van der Waals surface area contributed by atoms with E-state index in [0.717, 1.165) is 5.56 Å². The van der Waals surface area contributed by atoms with E-state index in [2.05, 4.69) is 41.8 Å². The summed E-state index contributed by atoms with van der Waals surface area (Å²) in [4.78, 5) is 22.8. The number of thioether (sulfide) groups is 1. The highest BCUT2D eigenvalue weighted by Gasteiger charge is 2.27. The molecule has 0 saturated carbocycles.